The Hall–Kier alpha value is -7.46. The topological polar surface area (TPSA) is 8.17 Å². The van der Waals surface area contributed by atoms with Crippen LogP contribution >= 0.6 is 11.3 Å². The Morgan fingerprint density at radius 3 is 1.80 bits per heavy atom. The van der Waals surface area contributed by atoms with Gasteiger partial charge in [0.1, 0.15) is 0 Å². The molecule has 0 aliphatic carbocycles. The van der Waals surface area contributed by atoms with Gasteiger partial charge in [-0.05, 0) is 98.9 Å². The Balaban J connectivity index is 1.12. The van der Waals surface area contributed by atoms with Crippen molar-refractivity contribution >= 4 is 91.9 Å². The van der Waals surface area contributed by atoms with E-state index in [0.717, 1.165) is 22.7 Å². The second-order valence-electron chi connectivity index (χ2n) is 15.3. The van der Waals surface area contributed by atoms with Crippen molar-refractivity contribution in [1.29, 1.82) is 0 Å². The minimum Gasteiger partial charge on any atom is -0.309 e. The molecule has 2 nitrogen and oxygen atoms in total. The number of hydrogen-bond acceptors (Lipinski definition) is 2. The van der Waals surface area contributed by atoms with Crippen molar-refractivity contribution in [2.24, 2.45) is 0 Å². The molecule has 3 heteroatoms. The van der Waals surface area contributed by atoms with Crippen LogP contribution in [0.15, 0.2) is 218 Å². The average molecular weight is 769 g/mol. The summed E-state index contributed by atoms with van der Waals surface area (Å²) in [5.41, 5.74) is 11.7. The number of fused-ring (bicyclic) bond motifs is 9. The number of benzene rings is 10. The minimum atomic E-state index is 1.12. The van der Waals surface area contributed by atoms with Gasteiger partial charge in [-0.1, -0.05) is 158 Å². The number of thiophene rings is 1. The summed E-state index contributed by atoms with van der Waals surface area (Å²) in [7, 11) is 0. The van der Waals surface area contributed by atoms with Crippen molar-refractivity contribution in [3.63, 3.8) is 0 Å². The third-order valence-electron chi connectivity index (χ3n) is 12.0. The first kappa shape index (κ1) is 33.7. The molecule has 0 saturated heterocycles. The van der Waals surface area contributed by atoms with Gasteiger partial charge in [-0.15, -0.1) is 11.3 Å². The van der Waals surface area contributed by atoms with Crippen LogP contribution in [0.3, 0.4) is 0 Å². The van der Waals surface area contributed by atoms with Crippen LogP contribution in [0.1, 0.15) is 0 Å². The summed E-state index contributed by atoms with van der Waals surface area (Å²) in [5.74, 6) is 0. The molecule has 0 atom stereocenters. The van der Waals surface area contributed by atoms with Crippen molar-refractivity contribution in [2.45, 2.75) is 0 Å². The van der Waals surface area contributed by atoms with E-state index in [9.17, 15) is 0 Å². The van der Waals surface area contributed by atoms with Crippen molar-refractivity contribution in [2.75, 3.05) is 4.90 Å². The van der Waals surface area contributed by atoms with E-state index < -0.39 is 0 Å². The van der Waals surface area contributed by atoms with E-state index >= 15 is 0 Å². The maximum atomic E-state index is 2.51. The Morgan fingerprint density at radius 2 is 0.949 bits per heavy atom. The summed E-state index contributed by atoms with van der Waals surface area (Å²) >= 11 is 1.87. The van der Waals surface area contributed by atoms with Gasteiger partial charge in [-0.2, -0.15) is 0 Å². The maximum absolute atomic E-state index is 2.51. The summed E-state index contributed by atoms with van der Waals surface area (Å²) in [6.45, 7) is 0. The predicted molar refractivity (Wildman–Crippen MR) is 254 cm³/mol. The number of aromatic nitrogens is 1. The largest absolute Gasteiger partial charge is 0.309 e. The van der Waals surface area contributed by atoms with E-state index in [-0.39, 0.29) is 0 Å². The molecule has 10 aromatic carbocycles. The fourth-order valence-electron chi connectivity index (χ4n) is 9.34. The number of anilines is 3. The quantitative estimate of drug-likeness (QED) is 0.164. The molecule has 59 heavy (non-hydrogen) atoms. The van der Waals surface area contributed by atoms with Gasteiger partial charge in [0.2, 0.25) is 0 Å². The van der Waals surface area contributed by atoms with Crippen molar-refractivity contribution in [1.82, 2.24) is 4.57 Å². The van der Waals surface area contributed by atoms with E-state index in [1.54, 1.807) is 0 Å². The highest BCUT2D eigenvalue weighted by Gasteiger charge is 2.24. The van der Waals surface area contributed by atoms with Gasteiger partial charge in [-0.3, -0.25) is 0 Å². The van der Waals surface area contributed by atoms with Crippen LogP contribution in [-0.2, 0) is 0 Å². The zero-order chi connectivity index (χ0) is 38.9. The second kappa shape index (κ2) is 13.6. The minimum absolute atomic E-state index is 1.12. The average Bonchev–Trinajstić information content (AvgIpc) is 3.86. The Bertz CT molecular complexity index is 3550. The lowest BCUT2D eigenvalue weighted by molar-refractivity contribution is 1.18. The summed E-state index contributed by atoms with van der Waals surface area (Å²) in [4.78, 5) is 2.51. The normalized spacial score (nSPS) is 11.7. The number of para-hydroxylation sites is 3. The maximum Gasteiger partial charge on any atom is 0.0562 e. The lowest BCUT2D eigenvalue weighted by Gasteiger charge is -2.29. The number of nitrogens with zero attached hydrogens (tertiary/aromatic N) is 2. The fraction of sp³-hybridized carbons (Fsp3) is 0. The predicted octanol–water partition coefficient (Wildman–Crippen LogP) is 16.3. The van der Waals surface area contributed by atoms with Gasteiger partial charge in [0.05, 0.1) is 22.4 Å². The van der Waals surface area contributed by atoms with Crippen LogP contribution in [0.5, 0.6) is 0 Å². The highest BCUT2D eigenvalue weighted by Crippen LogP contribution is 2.48. The van der Waals surface area contributed by atoms with E-state index in [1.807, 2.05) is 11.3 Å². The monoisotopic (exact) mass is 768 g/mol. The van der Waals surface area contributed by atoms with Crippen LogP contribution in [0.4, 0.5) is 17.1 Å². The number of hydrogen-bond donors (Lipinski definition) is 0. The Labute approximate surface area is 346 Å². The second-order valence-corrected chi connectivity index (χ2v) is 16.3. The van der Waals surface area contributed by atoms with Gasteiger partial charge >= 0.3 is 0 Å². The van der Waals surface area contributed by atoms with Gasteiger partial charge < -0.3 is 9.47 Å². The van der Waals surface area contributed by atoms with Crippen LogP contribution in [-0.4, -0.2) is 4.57 Å². The van der Waals surface area contributed by atoms with Gasteiger partial charge in [0.15, 0.2) is 0 Å². The molecule has 0 fully saturated rings. The first-order valence-electron chi connectivity index (χ1n) is 20.2. The molecule has 2 heterocycles. The SMILES string of the molecule is c1ccc(-n2c3ccccc3c3c(N(c4ccc5sc6ccc7ccccc7c6c5c4)c4ccccc4-c4ccc(-c5cccc6ccccc56)cc4)cccc32)cc1. The highest BCUT2D eigenvalue weighted by molar-refractivity contribution is 7.26. The third kappa shape index (κ3) is 5.40. The van der Waals surface area contributed by atoms with E-state index in [2.05, 4.69) is 228 Å². The summed E-state index contributed by atoms with van der Waals surface area (Å²) < 4.78 is 5.00. The zero-order valence-electron chi connectivity index (χ0n) is 32.1. The zero-order valence-corrected chi connectivity index (χ0v) is 32.9. The highest BCUT2D eigenvalue weighted by atomic mass is 32.1. The Morgan fingerprint density at radius 1 is 0.356 bits per heavy atom. The summed E-state index contributed by atoms with van der Waals surface area (Å²) in [5, 5.41) is 10.1. The lowest BCUT2D eigenvalue weighted by atomic mass is 9.95. The molecule has 0 spiro atoms. The molecule has 2 aromatic heterocycles. The van der Waals surface area contributed by atoms with Crippen LogP contribution in [0.25, 0.3) is 91.5 Å². The van der Waals surface area contributed by atoms with E-state index in [1.165, 1.54) is 85.8 Å². The number of rotatable bonds is 6. The molecule has 0 saturated carbocycles. The summed E-state index contributed by atoms with van der Waals surface area (Å²) in [6.07, 6.45) is 0. The first-order valence-corrected chi connectivity index (χ1v) is 21.0. The fourth-order valence-corrected chi connectivity index (χ4v) is 10.4. The van der Waals surface area contributed by atoms with Gasteiger partial charge in [-0.25, -0.2) is 0 Å². The molecule has 12 aromatic rings. The smallest absolute Gasteiger partial charge is 0.0562 e. The molecule has 276 valence electrons. The molecule has 0 N–H and O–H groups in total. The lowest BCUT2D eigenvalue weighted by Crippen LogP contribution is -2.11. The summed E-state index contributed by atoms with van der Waals surface area (Å²) in [6, 6.07) is 80.0. The van der Waals surface area contributed by atoms with Crippen LogP contribution < -0.4 is 4.90 Å². The molecule has 0 aliphatic heterocycles. The molecule has 0 bridgehead atoms. The molecule has 0 unspecified atom stereocenters. The molecule has 0 aliphatic rings. The van der Waals surface area contributed by atoms with Crippen LogP contribution in [0, 0.1) is 0 Å². The Kier molecular flexibility index (Phi) is 7.75. The first-order chi connectivity index (χ1) is 29.3. The van der Waals surface area contributed by atoms with Crippen molar-refractivity contribution in [3.05, 3.63) is 218 Å². The third-order valence-corrected chi connectivity index (χ3v) is 13.1. The van der Waals surface area contributed by atoms with E-state index in [4.69, 9.17) is 0 Å². The molecule has 12 rings (SSSR count). The molecular weight excluding hydrogens is 733 g/mol. The standard InChI is InChI=1S/C56H36N2S/c1-2-17-41(18-3-1)57-50-25-11-9-22-47(50)56-51(57)26-13-27-52(56)58(42-33-35-53-48(36-42)55-46-21-7-5-15-38(46)32-34-54(55)59-53)49-24-10-8-20-45(49)40-30-28-39(29-31-40)44-23-12-16-37-14-4-6-19-43(37)44/h1-36H. The molecule has 0 amide bonds. The molecule has 0 radical (unpaired) electrons. The van der Waals surface area contributed by atoms with Crippen molar-refractivity contribution in [3.8, 4) is 27.9 Å². The van der Waals surface area contributed by atoms with Gasteiger partial charge in [0, 0.05) is 47.9 Å². The van der Waals surface area contributed by atoms with E-state index in [0.29, 0.717) is 0 Å². The van der Waals surface area contributed by atoms with Crippen LogP contribution in [0.2, 0.25) is 0 Å². The van der Waals surface area contributed by atoms with Gasteiger partial charge in [0.25, 0.3) is 0 Å². The molecular formula is C56H36N2S. The van der Waals surface area contributed by atoms with Crippen molar-refractivity contribution < 1.29 is 0 Å².